The molecule has 4 aromatic rings. The van der Waals surface area contributed by atoms with Gasteiger partial charge in [-0.15, -0.1) is 0 Å². The second-order valence-corrected chi connectivity index (χ2v) is 6.39. The van der Waals surface area contributed by atoms with E-state index in [4.69, 9.17) is 4.42 Å². The lowest BCUT2D eigenvalue weighted by Crippen LogP contribution is -2.14. The Morgan fingerprint density at radius 2 is 2.07 bits per heavy atom. The number of benzene rings is 1. The molecule has 2 N–H and O–H groups in total. The van der Waals surface area contributed by atoms with Gasteiger partial charge in [-0.1, -0.05) is 18.2 Å². The molecule has 0 aliphatic heterocycles. The average molecular weight is 379 g/mol. The van der Waals surface area contributed by atoms with Crippen molar-refractivity contribution in [1.82, 2.24) is 20.0 Å². The fourth-order valence-electron chi connectivity index (χ4n) is 2.99. The molecule has 0 bridgehead atoms. The lowest BCUT2D eigenvalue weighted by molar-refractivity contribution is 0.102. The molecule has 0 fully saturated rings. The summed E-state index contributed by atoms with van der Waals surface area (Å²) in [6, 6.07) is 11.7. The van der Waals surface area contributed by atoms with Crippen molar-refractivity contribution in [3.8, 4) is 11.5 Å². The molecule has 3 aromatic heterocycles. The number of carbonyl (C=O) groups is 1. The molecule has 1 amide bonds. The monoisotopic (exact) mass is 379 g/mol. The Labute approximate surface area is 160 Å². The number of aromatic amines is 1. The molecule has 0 atom stereocenters. The summed E-state index contributed by atoms with van der Waals surface area (Å²) in [6.07, 6.45) is 1.55. The van der Waals surface area contributed by atoms with Crippen molar-refractivity contribution in [2.24, 2.45) is 0 Å². The van der Waals surface area contributed by atoms with Gasteiger partial charge in [-0.25, -0.2) is 4.39 Å². The lowest BCUT2D eigenvalue weighted by atomic mass is 10.2. The van der Waals surface area contributed by atoms with Gasteiger partial charge < -0.3 is 9.73 Å². The Balaban J connectivity index is 1.54. The summed E-state index contributed by atoms with van der Waals surface area (Å²) in [5.74, 6) is -0.0649. The number of nitrogens with one attached hydrogen (secondary N) is 2. The zero-order valence-electron chi connectivity index (χ0n) is 15.4. The number of furan rings is 1. The molecule has 0 aliphatic carbocycles. The van der Waals surface area contributed by atoms with E-state index in [0.717, 1.165) is 5.69 Å². The maximum atomic E-state index is 13.9. The Morgan fingerprint density at radius 1 is 1.25 bits per heavy atom. The first-order valence-corrected chi connectivity index (χ1v) is 8.71. The molecule has 28 heavy (non-hydrogen) atoms. The van der Waals surface area contributed by atoms with Crippen LogP contribution in [0.15, 0.2) is 53.1 Å². The average Bonchev–Trinajstić information content (AvgIpc) is 3.41. The van der Waals surface area contributed by atoms with Gasteiger partial charge in [0, 0.05) is 11.6 Å². The van der Waals surface area contributed by atoms with E-state index in [1.54, 1.807) is 54.3 Å². The van der Waals surface area contributed by atoms with Gasteiger partial charge in [0.15, 0.2) is 11.5 Å². The number of nitrogens with zero attached hydrogens (tertiary/aromatic N) is 3. The third kappa shape index (κ3) is 3.32. The SMILES string of the molecule is Cc1nn(Cc2ccccc2F)c(C)c1NC(=O)c1cc(-c2ccco2)[nH]n1. The van der Waals surface area contributed by atoms with Gasteiger partial charge in [-0.05, 0) is 32.0 Å². The Bertz CT molecular complexity index is 1130. The van der Waals surface area contributed by atoms with E-state index in [1.807, 2.05) is 6.92 Å². The largest absolute Gasteiger partial charge is 0.463 e. The zero-order chi connectivity index (χ0) is 19.7. The highest BCUT2D eigenvalue weighted by atomic mass is 19.1. The highest BCUT2D eigenvalue weighted by molar-refractivity contribution is 6.04. The zero-order valence-corrected chi connectivity index (χ0v) is 15.4. The number of hydrogen-bond acceptors (Lipinski definition) is 4. The van der Waals surface area contributed by atoms with Gasteiger partial charge >= 0.3 is 0 Å². The molecule has 0 spiro atoms. The van der Waals surface area contributed by atoms with Crippen LogP contribution in [0.3, 0.4) is 0 Å². The second kappa shape index (κ2) is 7.15. The standard InChI is InChI=1S/C20H18FN5O2/c1-12-19(13(2)26(25-12)11-14-6-3-4-7-15(14)21)22-20(27)17-10-16(23-24-17)18-8-5-9-28-18/h3-10H,11H2,1-2H3,(H,22,27)(H,23,24). The summed E-state index contributed by atoms with van der Waals surface area (Å²) >= 11 is 0. The van der Waals surface area contributed by atoms with Crippen LogP contribution in [0.1, 0.15) is 27.4 Å². The number of rotatable bonds is 5. The van der Waals surface area contributed by atoms with Crippen LogP contribution in [-0.2, 0) is 6.54 Å². The lowest BCUT2D eigenvalue weighted by Gasteiger charge is -2.07. The fourth-order valence-corrected chi connectivity index (χ4v) is 2.99. The Morgan fingerprint density at radius 3 is 2.82 bits per heavy atom. The molecule has 3 heterocycles. The molecule has 0 saturated heterocycles. The van der Waals surface area contributed by atoms with Gasteiger partial charge in [0.25, 0.3) is 5.91 Å². The van der Waals surface area contributed by atoms with E-state index in [1.165, 1.54) is 6.07 Å². The third-order valence-electron chi connectivity index (χ3n) is 4.50. The number of aryl methyl sites for hydroxylation is 1. The van der Waals surface area contributed by atoms with Gasteiger partial charge in [-0.3, -0.25) is 14.6 Å². The van der Waals surface area contributed by atoms with Crippen molar-refractivity contribution in [2.45, 2.75) is 20.4 Å². The molecule has 0 saturated carbocycles. The number of H-pyrrole nitrogens is 1. The van der Waals surface area contributed by atoms with Crippen LogP contribution in [0, 0.1) is 19.7 Å². The number of aromatic nitrogens is 4. The predicted molar refractivity (Wildman–Crippen MR) is 101 cm³/mol. The van der Waals surface area contributed by atoms with Crippen molar-refractivity contribution in [3.63, 3.8) is 0 Å². The van der Waals surface area contributed by atoms with Crippen molar-refractivity contribution in [1.29, 1.82) is 0 Å². The third-order valence-corrected chi connectivity index (χ3v) is 4.50. The summed E-state index contributed by atoms with van der Waals surface area (Å²) in [5.41, 5.74) is 3.33. The summed E-state index contributed by atoms with van der Waals surface area (Å²) in [4.78, 5) is 12.6. The number of anilines is 1. The summed E-state index contributed by atoms with van der Waals surface area (Å²) in [5, 5.41) is 14.1. The van der Waals surface area contributed by atoms with Crippen molar-refractivity contribution in [3.05, 3.63) is 77.2 Å². The normalized spacial score (nSPS) is 11.0. The molecule has 1 aromatic carbocycles. The van der Waals surface area contributed by atoms with E-state index in [2.05, 4.69) is 20.6 Å². The number of halogens is 1. The minimum atomic E-state index is -0.370. The van der Waals surface area contributed by atoms with Crippen LogP contribution in [0.25, 0.3) is 11.5 Å². The Hall–Kier alpha value is -3.68. The first-order chi connectivity index (χ1) is 13.5. The van der Waals surface area contributed by atoms with Gasteiger partial charge in [0.2, 0.25) is 0 Å². The first-order valence-electron chi connectivity index (χ1n) is 8.71. The smallest absolute Gasteiger partial charge is 0.276 e. The van der Waals surface area contributed by atoms with E-state index < -0.39 is 0 Å². The minimum absolute atomic E-state index is 0.229. The van der Waals surface area contributed by atoms with Crippen LogP contribution in [0.4, 0.5) is 10.1 Å². The maximum absolute atomic E-state index is 13.9. The quantitative estimate of drug-likeness (QED) is 0.550. The molecule has 0 unspecified atom stereocenters. The predicted octanol–water partition coefficient (Wildman–Crippen LogP) is 3.92. The first kappa shape index (κ1) is 17.7. The van der Waals surface area contributed by atoms with Crippen LogP contribution in [0.5, 0.6) is 0 Å². The van der Waals surface area contributed by atoms with Gasteiger partial charge in [0.05, 0.1) is 29.9 Å². The highest BCUT2D eigenvalue weighted by Gasteiger charge is 2.18. The summed E-state index contributed by atoms with van der Waals surface area (Å²) < 4.78 is 20.9. The number of amides is 1. The molecule has 142 valence electrons. The van der Waals surface area contributed by atoms with Gasteiger partial charge in [-0.2, -0.15) is 10.2 Å². The van der Waals surface area contributed by atoms with Crippen molar-refractivity contribution in [2.75, 3.05) is 5.32 Å². The summed E-state index contributed by atoms with van der Waals surface area (Å²) in [6.45, 7) is 3.90. The second-order valence-electron chi connectivity index (χ2n) is 6.39. The van der Waals surface area contributed by atoms with Crippen LogP contribution < -0.4 is 5.32 Å². The maximum Gasteiger partial charge on any atom is 0.276 e. The molecule has 4 rings (SSSR count). The molecular weight excluding hydrogens is 361 g/mol. The summed E-state index contributed by atoms with van der Waals surface area (Å²) in [7, 11) is 0. The topological polar surface area (TPSA) is 88.7 Å². The van der Waals surface area contributed by atoms with Crippen LogP contribution in [0.2, 0.25) is 0 Å². The molecular formula is C20H18FN5O2. The minimum Gasteiger partial charge on any atom is -0.463 e. The van der Waals surface area contributed by atoms with Crippen LogP contribution in [-0.4, -0.2) is 25.9 Å². The van der Waals surface area contributed by atoms with Crippen LogP contribution >= 0.6 is 0 Å². The fraction of sp³-hybridized carbons (Fsp3) is 0.150. The molecule has 8 heteroatoms. The van der Waals surface area contributed by atoms with E-state index in [0.29, 0.717) is 28.4 Å². The number of carbonyl (C=O) groups excluding carboxylic acids is 1. The van der Waals surface area contributed by atoms with Crippen molar-refractivity contribution < 1.29 is 13.6 Å². The van der Waals surface area contributed by atoms with E-state index in [-0.39, 0.29) is 24.0 Å². The number of hydrogen-bond donors (Lipinski definition) is 2. The molecule has 0 aliphatic rings. The molecule has 7 nitrogen and oxygen atoms in total. The van der Waals surface area contributed by atoms with Gasteiger partial charge in [0.1, 0.15) is 11.5 Å². The van der Waals surface area contributed by atoms with E-state index in [9.17, 15) is 9.18 Å². The Kier molecular flexibility index (Phi) is 4.52. The van der Waals surface area contributed by atoms with Crippen molar-refractivity contribution >= 4 is 11.6 Å². The molecule has 0 radical (unpaired) electrons. The highest BCUT2D eigenvalue weighted by Crippen LogP contribution is 2.23. The van der Waals surface area contributed by atoms with E-state index >= 15 is 0 Å².